The van der Waals surface area contributed by atoms with Gasteiger partial charge in [-0.1, -0.05) is 23.7 Å². The van der Waals surface area contributed by atoms with Gasteiger partial charge in [-0.3, -0.25) is 14.5 Å². The molecule has 122 valence electrons. The number of carbonyl (C=O) groups is 2. The molecular formula is C17H19ClN2O3. The van der Waals surface area contributed by atoms with Gasteiger partial charge in [0.25, 0.3) is 11.8 Å². The van der Waals surface area contributed by atoms with Crippen molar-refractivity contribution in [1.82, 2.24) is 9.80 Å². The van der Waals surface area contributed by atoms with Crippen LogP contribution in [-0.2, 0) is 14.3 Å². The van der Waals surface area contributed by atoms with Gasteiger partial charge in [-0.2, -0.15) is 0 Å². The van der Waals surface area contributed by atoms with Gasteiger partial charge in [-0.05, 0) is 31.5 Å². The van der Waals surface area contributed by atoms with Gasteiger partial charge in [0.2, 0.25) is 0 Å². The number of benzene rings is 1. The highest BCUT2D eigenvalue weighted by Gasteiger charge is 2.42. The van der Waals surface area contributed by atoms with Crippen molar-refractivity contribution in [2.24, 2.45) is 0 Å². The van der Waals surface area contributed by atoms with E-state index in [2.05, 4.69) is 0 Å². The predicted octanol–water partition coefficient (Wildman–Crippen LogP) is 2.16. The lowest BCUT2D eigenvalue weighted by molar-refractivity contribution is -0.139. The molecule has 5 nitrogen and oxygen atoms in total. The molecule has 3 rings (SSSR count). The minimum atomic E-state index is -0.242. The Balaban J connectivity index is 2.10. The number of hydrogen-bond acceptors (Lipinski definition) is 4. The first kappa shape index (κ1) is 16.0. The van der Waals surface area contributed by atoms with Crippen LogP contribution in [0.5, 0.6) is 0 Å². The molecule has 6 heteroatoms. The minimum absolute atomic E-state index is 0.184. The summed E-state index contributed by atoms with van der Waals surface area (Å²) in [5.41, 5.74) is 1.66. The number of halogens is 1. The molecule has 0 spiro atoms. The predicted molar refractivity (Wildman–Crippen MR) is 87.8 cm³/mol. The summed E-state index contributed by atoms with van der Waals surface area (Å²) in [5.74, 6) is -0.467. The zero-order valence-electron chi connectivity index (χ0n) is 13.2. The van der Waals surface area contributed by atoms with E-state index in [0.29, 0.717) is 42.6 Å². The fourth-order valence-corrected chi connectivity index (χ4v) is 3.09. The lowest BCUT2D eigenvalue weighted by atomic mass is 10.0. The number of hydrogen-bond donors (Lipinski definition) is 0. The number of imide groups is 1. The van der Waals surface area contributed by atoms with Crippen molar-refractivity contribution in [2.45, 2.75) is 19.9 Å². The van der Waals surface area contributed by atoms with Gasteiger partial charge >= 0.3 is 0 Å². The summed E-state index contributed by atoms with van der Waals surface area (Å²) in [6.07, 6.45) is 0. The lowest BCUT2D eigenvalue weighted by Gasteiger charge is -2.30. The topological polar surface area (TPSA) is 49.9 Å². The summed E-state index contributed by atoms with van der Waals surface area (Å²) in [6, 6.07) is 6.85. The Kier molecular flexibility index (Phi) is 4.41. The van der Waals surface area contributed by atoms with Crippen LogP contribution in [0.25, 0.3) is 5.57 Å². The average molecular weight is 335 g/mol. The Morgan fingerprint density at radius 3 is 2.22 bits per heavy atom. The molecule has 2 aliphatic rings. The maximum atomic E-state index is 12.9. The summed E-state index contributed by atoms with van der Waals surface area (Å²) in [7, 11) is 0. The van der Waals surface area contributed by atoms with Gasteiger partial charge < -0.3 is 9.64 Å². The molecule has 0 aromatic heterocycles. The van der Waals surface area contributed by atoms with Crippen molar-refractivity contribution in [2.75, 3.05) is 26.3 Å². The lowest BCUT2D eigenvalue weighted by Crippen LogP contribution is -2.42. The first-order chi connectivity index (χ1) is 11.0. The van der Waals surface area contributed by atoms with Crippen LogP contribution in [0.1, 0.15) is 19.4 Å². The van der Waals surface area contributed by atoms with Crippen molar-refractivity contribution >= 4 is 29.0 Å². The highest BCUT2D eigenvalue weighted by Crippen LogP contribution is 2.33. The zero-order chi connectivity index (χ0) is 16.6. The fourth-order valence-electron chi connectivity index (χ4n) is 2.96. The molecule has 0 radical (unpaired) electrons. The van der Waals surface area contributed by atoms with Crippen molar-refractivity contribution in [3.63, 3.8) is 0 Å². The zero-order valence-corrected chi connectivity index (χ0v) is 14.0. The van der Waals surface area contributed by atoms with Crippen LogP contribution in [0.4, 0.5) is 0 Å². The van der Waals surface area contributed by atoms with E-state index < -0.39 is 0 Å². The molecule has 0 aliphatic carbocycles. The standard InChI is InChI=1S/C17H19ClN2O3/c1-11(2)20-16(21)14(12-3-5-13(18)6-4-12)15(17(20)22)19-7-9-23-10-8-19/h3-6,11H,7-10H2,1-2H3. The number of carbonyl (C=O) groups excluding carboxylic acids is 2. The summed E-state index contributed by atoms with van der Waals surface area (Å²) >= 11 is 5.94. The molecule has 2 amide bonds. The quantitative estimate of drug-likeness (QED) is 0.795. The van der Waals surface area contributed by atoms with Crippen LogP contribution in [0.3, 0.4) is 0 Å². The Labute approximate surface area is 140 Å². The number of morpholine rings is 1. The van der Waals surface area contributed by atoms with Crippen molar-refractivity contribution in [3.05, 3.63) is 40.5 Å². The van der Waals surface area contributed by atoms with Crippen LogP contribution in [0.15, 0.2) is 30.0 Å². The van der Waals surface area contributed by atoms with Gasteiger partial charge in [0.05, 0.1) is 18.8 Å². The maximum absolute atomic E-state index is 12.9. The van der Waals surface area contributed by atoms with E-state index in [0.717, 1.165) is 5.56 Å². The van der Waals surface area contributed by atoms with E-state index in [1.54, 1.807) is 24.3 Å². The number of ether oxygens (including phenoxy) is 1. The molecular weight excluding hydrogens is 316 g/mol. The van der Waals surface area contributed by atoms with Gasteiger partial charge in [0.1, 0.15) is 5.70 Å². The smallest absolute Gasteiger partial charge is 0.278 e. The highest BCUT2D eigenvalue weighted by atomic mass is 35.5. The van der Waals surface area contributed by atoms with Crippen LogP contribution in [0, 0.1) is 0 Å². The van der Waals surface area contributed by atoms with E-state index >= 15 is 0 Å². The summed E-state index contributed by atoms with van der Waals surface area (Å²) < 4.78 is 5.36. The van der Waals surface area contributed by atoms with Crippen LogP contribution < -0.4 is 0 Å². The Morgan fingerprint density at radius 1 is 1.04 bits per heavy atom. The van der Waals surface area contributed by atoms with E-state index in [4.69, 9.17) is 16.3 Å². The number of nitrogens with zero attached hydrogens (tertiary/aromatic N) is 2. The van der Waals surface area contributed by atoms with Crippen molar-refractivity contribution in [3.8, 4) is 0 Å². The average Bonchev–Trinajstić information content (AvgIpc) is 2.80. The number of rotatable bonds is 3. The molecule has 0 N–H and O–H groups in total. The largest absolute Gasteiger partial charge is 0.378 e. The molecule has 2 aliphatic heterocycles. The van der Waals surface area contributed by atoms with Crippen molar-refractivity contribution < 1.29 is 14.3 Å². The molecule has 1 saturated heterocycles. The fraction of sp³-hybridized carbons (Fsp3) is 0.412. The highest BCUT2D eigenvalue weighted by molar-refractivity contribution is 6.36. The monoisotopic (exact) mass is 334 g/mol. The second-order valence-corrected chi connectivity index (χ2v) is 6.34. The van der Waals surface area contributed by atoms with Crippen LogP contribution in [-0.4, -0.2) is 54.0 Å². The summed E-state index contributed by atoms with van der Waals surface area (Å²) in [4.78, 5) is 29.0. The second kappa shape index (κ2) is 6.34. The molecule has 2 heterocycles. The molecule has 0 bridgehead atoms. The first-order valence-electron chi connectivity index (χ1n) is 7.71. The van der Waals surface area contributed by atoms with Gasteiger partial charge in [-0.15, -0.1) is 0 Å². The van der Waals surface area contributed by atoms with E-state index in [-0.39, 0.29) is 17.9 Å². The molecule has 1 aromatic rings. The third-order valence-corrected chi connectivity index (χ3v) is 4.32. The molecule has 0 unspecified atom stereocenters. The summed E-state index contributed by atoms with van der Waals surface area (Å²) in [6.45, 7) is 6.02. The van der Waals surface area contributed by atoms with Crippen molar-refractivity contribution in [1.29, 1.82) is 0 Å². The Hall–Kier alpha value is -1.85. The third kappa shape index (κ3) is 2.86. The second-order valence-electron chi connectivity index (χ2n) is 5.90. The van der Waals surface area contributed by atoms with E-state index in [1.165, 1.54) is 4.90 Å². The first-order valence-corrected chi connectivity index (χ1v) is 8.09. The van der Waals surface area contributed by atoms with E-state index in [1.807, 2.05) is 18.7 Å². The SMILES string of the molecule is CC(C)N1C(=O)C(c2ccc(Cl)cc2)=C(N2CCOCC2)C1=O. The molecule has 23 heavy (non-hydrogen) atoms. The molecule has 1 aromatic carbocycles. The van der Waals surface area contributed by atoms with Gasteiger partial charge in [0, 0.05) is 24.2 Å². The van der Waals surface area contributed by atoms with Crippen LogP contribution >= 0.6 is 11.6 Å². The normalized spacial score (nSPS) is 19.3. The summed E-state index contributed by atoms with van der Waals surface area (Å²) in [5, 5.41) is 0.597. The van der Waals surface area contributed by atoms with Crippen LogP contribution in [0.2, 0.25) is 5.02 Å². The molecule has 0 atom stereocenters. The third-order valence-electron chi connectivity index (χ3n) is 4.07. The van der Waals surface area contributed by atoms with Gasteiger partial charge in [-0.25, -0.2) is 0 Å². The Bertz CT molecular complexity index is 661. The number of amides is 2. The minimum Gasteiger partial charge on any atom is -0.378 e. The maximum Gasteiger partial charge on any atom is 0.278 e. The van der Waals surface area contributed by atoms with E-state index in [9.17, 15) is 9.59 Å². The van der Waals surface area contributed by atoms with Gasteiger partial charge in [0.15, 0.2) is 0 Å². The molecule has 0 saturated carbocycles. The Morgan fingerprint density at radius 2 is 1.65 bits per heavy atom. The molecule has 1 fully saturated rings.